The van der Waals surface area contributed by atoms with E-state index in [0.29, 0.717) is 5.41 Å². The molecule has 0 N–H and O–H groups in total. The van der Waals surface area contributed by atoms with Crippen LogP contribution in [0.1, 0.15) is 59.8 Å². The number of hydrogen-bond acceptors (Lipinski definition) is 0. The van der Waals surface area contributed by atoms with Crippen molar-refractivity contribution in [1.29, 1.82) is 0 Å². The SMILES string of the molecule is CC(C)(Cl)CCC(C)(C)C1CCC1. The van der Waals surface area contributed by atoms with Gasteiger partial charge in [-0.15, -0.1) is 11.6 Å². The molecule has 78 valence electrons. The van der Waals surface area contributed by atoms with Crippen LogP contribution in [0.15, 0.2) is 0 Å². The van der Waals surface area contributed by atoms with Crippen molar-refractivity contribution < 1.29 is 0 Å². The molecule has 0 heterocycles. The first-order valence-corrected chi connectivity index (χ1v) is 5.88. The molecule has 1 fully saturated rings. The Morgan fingerprint density at radius 3 is 1.92 bits per heavy atom. The second-order valence-corrected chi connectivity index (χ2v) is 6.86. The third kappa shape index (κ3) is 3.50. The van der Waals surface area contributed by atoms with E-state index in [0.717, 1.165) is 12.3 Å². The van der Waals surface area contributed by atoms with E-state index in [1.165, 1.54) is 25.7 Å². The van der Waals surface area contributed by atoms with E-state index >= 15 is 0 Å². The maximum Gasteiger partial charge on any atom is 0.0390 e. The maximum atomic E-state index is 6.21. The van der Waals surface area contributed by atoms with Gasteiger partial charge in [-0.25, -0.2) is 0 Å². The molecule has 1 aliphatic rings. The quantitative estimate of drug-likeness (QED) is 0.584. The maximum absolute atomic E-state index is 6.21. The van der Waals surface area contributed by atoms with Crippen LogP contribution in [0.2, 0.25) is 0 Å². The summed E-state index contributed by atoms with van der Waals surface area (Å²) in [5.41, 5.74) is 0.518. The summed E-state index contributed by atoms with van der Waals surface area (Å²) in [7, 11) is 0. The lowest BCUT2D eigenvalue weighted by Crippen LogP contribution is -2.31. The second-order valence-electron chi connectivity index (χ2n) is 5.84. The Morgan fingerprint density at radius 2 is 1.62 bits per heavy atom. The summed E-state index contributed by atoms with van der Waals surface area (Å²) in [6.45, 7) is 9.04. The average molecular weight is 203 g/mol. The topological polar surface area (TPSA) is 0 Å². The Hall–Kier alpha value is 0.290. The predicted molar refractivity (Wildman–Crippen MR) is 60.3 cm³/mol. The van der Waals surface area contributed by atoms with Crippen molar-refractivity contribution in [3.05, 3.63) is 0 Å². The molecule has 0 nitrogen and oxygen atoms in total. The van der Waals surface area contributed by atoms with Gasteiger partial charge in [0.25, 0.3) is 0 Å². The van der Waals surface area contributed by atoms with Gasteiger partial charge in [-0.1, -0.05) is 20.3 Å². The van der Waals surface area contributed by atoms with Crippen molar-refractivity contribution in [2.24, 2.45) is 11.3 Å². The molecule has 0 spiro atoms. The first-order chi connectivity index (χ1) is 5.81. The van der Waals surface area contributed by atoms with E-state index in [1.807, 2.05) is 0 Å². The average Bonchev–Trinajstić information content (AvgIpc) is 1.77. The summed E-state index contributed by atoms with van der Waals surface area (Å²) in [4.78, 5) is -0.0129. The molecule has 0 bridgehead atoms. The normalized spacial score (nSPS) is 20.1. The van der Waals surface area contributed by atoms with E-state index in [1.54, 1.807) is 0 Å². The van der Waals surface area contributed by atoms with Crippen LogP contribution in [0.25, 0.3) is 0 Å². The van der Waals surface area contributed by atoms with Gasteiger partial charge >= 0.3 is 0 Å². The summed E-state index contributed by atoms with van der Waals surface area (Å²) >= 11 is 6.21. The van der Waals surface area contributed by atoms with Crippen molar-refractivity contribution in [2.75, 3.05) is 0 Å². The van der Waals surface area contributed by atoms with Crippen LogP contribution in [0, 0.1) is 11.3 Å². The first-order valence-electron chi connectivity index (χ1n) is 5.50. The summed E-state index contributed by atoms with van der Waals surface area (Å²) in [6, 6.07) is 0. The number of halogens is 1. The van der Waals surface area contributed by atoms with Gasteiger partial charge in [0.15, 0.2) is 0 Å². The van der Waals surface area contributed by atoms with E-state index in [4.69, 9.17) is 11.6 Å². The van der Waals surface area contributed by atoms with E-state index < -0.39 is 0 Å². The van der Waals surface area contributed by atoms with Gasteiger partial charge in [-0.2, -0.15) is 0 Å². The molecule has 0 aromatic heterocycles. The number of rotatable bonds is 4. The van der Waals surface area contributed by atoms with Gasteiger partial charge in [0, 0.05) is 4.87 Å². The highest BCUT2D eigenvalue weighted by Gasteiger charge is 2.34. The van der Waals surface area contributed by atoms with Gasteiger partial charge in [-0.3, -0.25) is 0 Å². The minimum atomic E-state index is -0.0129. The monoisotopic (exact) mass is 202 g/mol. The van der Waals surface area contributed by atoms with Crippen LogP contribution in [-0.4, -0.2) is 4.87 Å². The van der Waals surface area contributed by atoms with E-state index in [-0.39, 0.29) is 4.87 Å². The van der Waals surface area contributed by atoms with Gasteiger partial charge in [0.2, 0.25) is 0 Å². The lowest BCUT2D eigenvalue weighted by Gasteiger charge is -2.41. The van der Waals surface area contributed by atoms with Crippen molar-refractivity contribution in [3.63, 3.8) is 0 Å². The van der Waals surface area contributed by atoms with Crippen molar-refractivity contribution in [3.8, 4) is 0 Å². The zero-order valence-corrected chi connectivity index (χ0v) is 10.2. The highest BCUT2D eigenvalue weighted by Crippen LogP contribution is 2.45. The molecule has 13 heavy (non-hydrogen) atoms. The second kappa shape index (κ2) is 3.81. The van der Waals surface area contributed by atoms with Gasteiger partial charge in [0.1, 0.15) is 0 Å². The first kappa shape index (κ1) is 11.4. The number of hydrogen-bond donors (Lipinski definition) is 0. The Balaban J connectivity index is 2.33. The fourth-order valence-corrected chi connectivity index (χ4v) is 2.11. The lowest BCUT2D eigenvalue weighted by molar-refractivity contribution is 0.105. The molecule has 1 rings (SSSR count). The van der Waals surface area contributed by atoms with Crippen LogP contribution in [0.3, 0.4) is 0 Å². The molecule has 1 aliphatic carbocycles. The highest BCUT2D eigenvalue weighted by atomic mass is 35.5. The Morgan fingerprint density at radius 1 is 1.08 bits per heavy atom. The summed E-state index contributed by atoms with van der Waals surface area (Å²) in [5.74, 6) is 0.964. The predicted octanol–water partition coefficient (Wildman–Crippen LogP) is 4.61. The smallest absolute Gasteiger partial charge is 0.0390 e. The highest BCUT2D eigenvalue weighted by molar-refractivity contribution is 6.23. The summed E-state index contributed by atoms with van der Waals surface area (Å²) in [6.07, 6.45) is 6.73. The van der Waals surface area contributed by atoms with Crippen LogP contribution in [0.4, 0.5) is 0 Å². The van der Waals surface area contributed by atoms with Crippen molar-refractivity contribution >= 4 is 11.6 Å². The Kier molecular flexibility index (Phi) is 3.33. The molecular weight excluding hydrogens is 180 g/mol. The van der Waals surface area contributed by atoms with Crippen LogP contribution < -0.4 is 0 Å². The third-order valence-electron chi connectivity index (χ3n) is 3.57. The minimum Gasteiger partial charge on any atom is -0.120 e. The summed E-state index contributed by atoms with van der Waals surface area (Å²) < 4.78 is 0. The lowest BCUT2D eigenvalue weighted by atomic mass is 9.65. The molecule has 0 radical (unpaired) electrons. The fraction of sp³-hybridized carbons (Fsp3) is 1.00. The Labute approximate surface area is 88.1 Å². The molecule has 0 amide bonds. The van der Waals surface area contributed by atoms with Crippen molar-refractivity contribution in [1.82, 2.24) is 0 Å². The van der Waals surface area contributed by atoms with E-state index in [2.05, 4.69) is 27.7 Å². The Bertz CT molecular complexity index is 160. The molecule has 0 unspecified atom stereocenters. The van der Waals surface area contributed by atoms with Crippen LogP contribution >= 0.6 is 11.6 Å². The summed E-state index contributed by atoms with van der Waals surface area (Å²) in [5, 5.41) is 0. The molecule has 0 aromatic carbocycles. The molecule has 0 aliphatic heterocycles. The molecule has 0 atom stereocenters. The zero-order chi connectivity index (χ0) is 10.1. The van der Waals surface area contributed by atoms with Crippen molar-refractivity contribution in [2.45, 2.75) is 64.7 Å². The molecule has 0 aromatic rings. The molecular formula is C12H23Cl. The van der Waals surface area contributed by atoms with E-state index in [9.17, 15) is 0 Å². The van der Waals surface area contributed by atoms with Gasteiger partial charge in [0.05, 0.1) is 0 Å². The van der Waals surface area contributed by atoms with Gasteiger partial charge in [-0.05, 0) is 50.9 Å². The zero-order valence-electron chi connectivity index (χ0n) is 9.49. The van der Waals surface area contributed by atoms with Crippen LogP contribution in [0.5, 0.6) is 0 Å². The molecule has 1 saturated carbocycles. The molecule has 0 saturated heterocycles. The number of alkyl halides is 1. The minimum absolute atomic E-state index is 0.0129. The standard InChI is InChI=1S/C12H23Cl/c1-11(2,10-6-5-7-10)8-9-12(3,4)13/h10H,5-9H2,1-4H3. The largest absolute Gasteiger partial charge is 0.120 e. The third-order valence-corrected chi connectivity index (χ3v) is 3.76. The fourth-order valence-electron chi connectivity index (χ4n) is 2.01. The van der Waals surface area contributed by atoms with Gasteiger partial charge < -0.3 is 0 Å². The molecule has 1 heteroatoms. The van der Waals surface area contributed by atoms with Crippen LogP contribution in [-0.2, 0) is 0 Å².